The number of amides is 2. The van der Waals surface area contributed by atoms with E-state index in [4.69, 9.17) is 4.74 Å². The molecule has 1 aliphatic heterocycles. The Hall–Kier alpha value is -2.82. The van der Waals surface area contributed by atoms with E-state index in [0.29, 0.717) is 24.3 Å². The average Bonchev–Trinajstić information content (AvgIpc) is 2.81. The van der Waals surface area contributed by atoms with Crippen molar-refractivity contribution in [1.82, 2.24) is 5.32 Å². The lowest BCUT2D eigenvalue weighted by atomic mass is 10.1. The zero-order valence-corrected chi connectivity index (χ0v) is 12.2. The first-order valence-corrected chi connectivity index (χ1v) is 7.13. The summed E-state index contributed by atoms with van der Waals surface area (Å²) in [4.78, 5) is 23.2. The number of ether oxygens (including phenoxy) is 1. The predicted octanol–water partition coefficient (Wildman–Crippen LogP) is 2.58. The van der Waals surface area contributed by atoms with Crippen LogP contribution in [0.25, 0.3) is 0 Å². The predicted molar refractivity (Wildman–Crippen MR) is 83.2 cm³/mol. The number of imide groups is 1. The molecule has 1 heterocycles. The smallest absolute Gasteiger partial charge is 0.259 e. The highest BCUT2D eigenvalue weighted by Crippen LogP contribution is 2.23. The van der Waals surface area contributed by atoms with Gasteiger partial charge in [-0.15, -0.1) is 0 Å². The standard InChI is InChI=1S/C17H16N2O3/c1-2-22-15-6-4-3-5-11(15)10-18-12-7-8-13-14(9-12)17(21)19-16(13)20/h3-9,18H,2,10H2,1H3,(H,19,20,21). The highest BCUT2D eigenvalue weighted by molar-refractivity contribution is 6.21. The van der Waals surface area contributed by atoms with E-state index in [-0.39, 0.29) is 11.8 Å². The molecule has 0 fully saturated rings. The van der Waals surface area contributed by atoms with Crippen molar-refractivity contribution in [2.24, 2.45) is 0 Å². The van der Waals surface area contributed by atoms with Crippen molar-refractivity contribution in [3.05, 3.63) is 59.2 Å². The first-order chi connectivity index (χ1) is 10.7. The van der Waals surface area contributed by atoms with Crippen LogP contribution in [0.15, 0.2) is 42.5 Å². The van der Waals surface area contributed by atoms with Gasteiger partial charge in [-0.2, -0.15) is 0 Å². The minimum atomic E-state index is -0.349. The lowest BCUT2D eigenvalue weighted by Gasteiger charge is -2.12. The third kappa shape index (κ3) is 2.65. The number of carbonyl (C=O) groups excluding carboxylic acids is 2. The summed E-state index contributed by atoms with van der Waals surface area (Å²) >= 11 is 0. The van der Waals surface area contributed by atoms with E-state index < -0.39 is 0 Å². The molecule has 5 heteroatoms. The maximum atomic E-state index is 11.7. The summed E-state index contributed by atoms with van der Waals surface area (Å²) < 4.78 is 5.58. The van der Waals surface area contributed by atoms with Gasteiger partial charge in [-0.1, -0.05) is 18.2 Å². The Balaban J connectivity index is 1.77. The van der Waals surface area contributed by atoms with E-state index in [0.717, 1.165) is 17.0 Å². The summed E-state index contributed by atoms with van der Waals surface area (Å²) in [5.41, 5.74) is 2.65. The van der Waals surface area contributed by atoms with Crippen molar-refractivity contribution in [2.75, 3.05) is 11.9 Å². The molecule has 0 aromatic heterocycles. The maximum Gasteiger partial charge on any atom is 0.259 e. The molecule has 0 aliphatic carbocycles. The minimum absolute atomic E-state index is 0.340. The molecule has 0 radical (unpaired) electrons. The normalized spacial score (nSPS) is 12.8. The summed E-state index contributed by atoms with van der Waals surface area (Å²) in [6.45, 7) is 3.13. The van der Waals surface area contributed by atoms with Gasteiger partial charge < -0.3 is 10.1 Å². The minimum Gasteiger partial charge on any atom is -0.494 e. The number of benzene rings is 2. The summed E-state index contributed by atoms with van der Waals surface area (Å²) in [5, 5.41) is 5.54. The summed E-state index contributed by atoms with van der Waals surface area (Å²) in [5.74, 6) is 0.151. The van der Waals surface area contributed by atoms with Gasteiger partial charge in [0.05, 0.1) is 17.7 Å². The van der Waals surface area contributed by atoms with Crippen molar-refractivity contribution in [3.8, 4) is 5.75 Å². The van der Waals surface area contributed by atoms with E-state index >= 15 is 0 Å². The average molecular weight is 296 g/mol. The van der Waals surface area contributed by atoms with Crippen molar-refractivity contribution >= 4 is 17.5 Å². The molecule has 0 saturated carbocycles. The molecule has 2 amide bonds. The Bertz CT molecular complexity index is 740. The molecule has 3 rings (SSSR count). The lowest BCUT2D eigenvalue weighted by molar-refractivity contribution is 0.0879. The second kappa shape index (κ2) is 5.89. The number of hydrogen-bond donors (Lipinski definition) is 2. The molecule has 0 bridgehead atoms. The van der Waals surface area contributed by atoms with Crippen LogP contribution in [0.5, 0.6) is 5.75 Å². The molecule has 2 aromatic rings. The summed E-state index contributed by atoms with van der Waals surface area (Å²) in [6, 6.07) is 12.9. The van der Waals surface area contributed by atoms with Gasteiger partial charge in [0, 0.05) is 17.8 Å². The number of rotatable bonds is 5. The molecule has 22 heavy (non-hydrogen) atoms. The fourth-order valence-electron chi connectivity index (χ4n) is 2.42. The molecular formula is C17H16N2O3. The highest BCUT2D eigenvalue weighted by Gasteiger charge is 2.26. The molecule has 0 unspecified atom stereocenters. The summed E-state index contributed by atoms with van der Waals surface area (Å²) in [6.07, 6.45) is 0. The number of nitrogens with one attached hydrogen (secondary N) is 2. The van der Waals surface area contributed by atoms with Gasteiger partial charge in [-0.25, -0.2) is 0 Å². The molecule has 2 aromatic carbocycles. The summed E-state index contributed by atoms with van der Waals surface area (Å²) in [7, 11) is 0. The van der Waals surface area contributed by atoms with Crippen LogP contribution in [0.2, 0.25) is 0 Å². The number of carbonyl (C=O) groups is 2. The maximum absolute atomic E-state index is 11.7. The molecule has 1 aliphatic rings. The van der Waals surface area contributed by atoms with Crippen LogP contribution in [0.1, 0.15) is 33.2 Å². The SMILES string of the molecule is CCOc1ccccc1CNc1ccc2c(c1)C(=O)NC2=O. The monoisotopic (exact) mass is 296 g/mol. The van der Waals surface area contributed by atoms with Crippen LogP contribution in [-0.2, 0) is 6.54 Å². The van der Waals surface area contributed by atoms with E-state index in [1.54, 1.807) is 18.2 Å². The largest absolute Gasteiger partial charge is 0.494 e. The Labute approximate surface area is 128 Å². The molecule has 112 valence electrons. The highest BCUT2D eigenvalue weighted by atomic mass is 16.5. The third-order valence-electron chi connectivity index (χ3n) is 3.49. The Morgan fingerprint density at radius 2 is 1.82 bits per heavy atom. The number of hydrogen-bond acceptors (Lipinski definition) is 4. The lowest BCUT2D eigenvalue weighted by Crippen LogP contribution is -2.19. The number of fused-ring (bicyclic) bond motifs is 1. The van der Waals surface area contributed by atoms with Crippen LogP contribution in [0.3, 0.4) is 0 Å². The topological polar surface area (TPSA) is 67.4 Å². The van der Waals surface area contributed by atoms with E-state index in [2.05, 4.69) is 10.6 Å². The molecule has 0 spiro atoms. The van der Waals surface area contributed by atoms with Crippen molar-refractivity contribution in [3.63, 3.8) is 0 Å². The Morgan fingerprint density at radius 1 is 1.05 bits per heavy atom. The van der Waals surface area contributed by atoms with Gasteiger partial charge in [0.1, 0.15) is 5.75 Å². The number of anilines is 1. The van der Waals surface area contributed by atoms with E-state index in [1.807, 2.05) is 31.2 Å². The van der Waals surface area contributed by atoms with Gasteiger partial charge in [-0.3, -0.25) is 14.9 Å². The van der Waals surface area contributed by atoms with Gasteiger partial charge >= 0.3 is 0 Å². The Kier molecular flexibility index (Phi) is 3.78. The fourth-order valence-corrected chi connectivity index (χ4v) is 2.42. The van der Waals surface area contributed by atoms with Crippen LogP contribution in [0, 0.1) is 0 Å². The first-order valence-electron chi connectivity index (χ1n) is 7.13. The van der Waals surface area contributed by atoms with E-state index in [9.17, 15) is 9.59 Å². The number of para-hydroxylation sites is 1. The fraction of sp³-hybridized carbons (Fsp3) is 0.176. The van der Waals surface area contributed by atoms with Gasteiger partial charge in [0.25, 0.3) is 11.8 Å². The van der Waals surface area contributed by atoms with Gasteiger partial charge in [0.2, 0.25) is 0 Å². The van der Waals surface area contributed by atoms with Gasteiger partial charge in [-0.05, 0) is 31.2 Å². The van der Waals surface area contributed by atoms with Crippen LogP contribution in [0.4, 0.5) is 5.69 Å². The third-order valence-corrected chi connectivity index (χ3v) is 3.49. The second-order valence-corrected chi connectivity index (χ2v) is 4.94. The van der Waals surface area contributed by atoms with E-state index in [1.165, 1.54) is 0 Å². The Morgan fingerprint density at radius 3 is 2.64 bits per heavy atom. The molecule has 5 nitrogen and oxygen atoms in total. The van der Waals surface area contributed by atoms with Crippen molar-refractivity contribution in [1.29, 1.82) is 0 Å². The molecule has 0 atom stereocenters. The second-order valence-electron chi connectivity index (χ2n) is 4.94. The van der Waals surface area contributed by atoms with Crippen LogP contribution in [-0.4, -0.2) is 18.4 Å². The molecule has 0 saturated heterocycles. The zero-order chi connectivity index (χ0) is 15.5. The van der Waals surface area contributed by atoms with Crippen LogP contribution >= 0.6 is 0 Å². The zero-order valence-electron chi connectivity index (χ0n) is 12.2. The molecular weight excluding hydrogens is 280 g/mol. The van der Waals surface area contributed by atoms with Crippen LogP contribution < -0.4 is 15.4 Å². The van der Waals surface area contributed by atoms with Crippen molar-refractivity contribution in [2.45, 2.75) is 13.5 Å². The van der Waals surface area contributed by atoms with Crippen molar-refractivity contribution < 1.29 is 14.3 Å². The first kappa shape index (κ1) is 14.1. The van der Waals surface area contributed by atoms with Gasteiger partial charge in [0.15, 0.2) is 0 Å². The molecule has 2 N–H and O–H groups in total. The quantitative estimate of drug-likeness (QED) is 0.832.